The van der Waals surface area contributed by atoms with Crippen molar-refractivity contribution in [3.63, 3.8) is 0 Å². The number of aromatic nitrogens is 1. The topological polar surface area (TPSA) is 45.2 Å². The van der Waals surface area contributed by atoms with Crippen LogP contribution in [0.5, 0.6) is 0 Å². The van der Waals surface area contributed by atoms with Crippen LogP contribution in [0.25, 0.3) is 0 Å². The van der Waals surface area contributed by atoms with Crippen LogP contribution >= 0.6 is 0 Å². The largest absolute Gasteiger partial charge is 0.359 e. The number of amides is 1. The molecule has 1 aromatic heterocycles. The Bertz CT molecular complexity index is 898. The van der Waals surface area contributed by atoms with E-state index in [2.05, 4.69) is 10.3 Å². The Kier molecular flexibility index (Phi) is 3.46. The lowest BCUT2D eigenvalue weighted by atomic mass is 10.1. The van der Waals surface area contributed by atoms with Crippen LogP contribution in [0.15, 0.2) is 72.9 Å². The van der Waals surface area contributed by atoms with Crippen molar-refractivity contribution in [3.05, 3.63) is 89.9 Å². The Hall–Kier alpha value is -3.21. The van der Waals surface area contributed by atoms with Crippen LogP contribution in [0.1, 0.15) is 22.1 Å². The van der Waals surface area contributed by atoms with Gasteiger partial charge in [-0.1, -0.05) is 36.4 Å². The van der Waals surface area contributed by atoms with E-state index >= 15 is 0 Å². The molecule has 5 heteroatoms. The van der Waals surface area contributed by atoms with Gasteiger partial charge in [-0.15, -0.1) is 0 Å². The van der Waals surface area contributed by atoms with Gasteiger partial charge < -0.3 is 5.32 Å². The van der Waals surface area contributed by atoms with E-state index in [9.17, 15) is 9.18 Å². The molecule has 4 nitrogen and oxygen atoms in total. The first-order valence-corrected chi connectivity index (χ1v) is 7.60. The van der Waals surface area contributed by atoms with Gasteiger partial charge in [-0.3, -0.25) is 9.69 Å². The molecule has 118 valence electrons. The van der Waals surface area contributed by atoms with Crippen LogP contribution in [0, 0.1) is 5.82 Å². The highest BCUT2D eigenvalue weighted by molar-refractivity contribution is 6.10. The van der Waals surface area contributed by atoms with Gasteiger partial charge in [-0.05, 0) is 30.3 Å². The number of nitrogens with zero attached hydrogens (tertiary/aromatic N) is 2. The van der Waals surface area contributed by atoms with Crippen LogP contribution < -0.4 is 10.2 Å². The Labute approximate surface area is 138 Å². The Morgan fingerprint density at radius 3 is 2.50 bits per heavy atom. The van der Waals surface area contributed by atoms with E-state index in [0.29, 0.717) is 17.1 Å². The molecule has 1 atom stereocenters. The number of pyridine rings is 1. The molecular weight excluding hydrogens is 305 g/mol. The maximum absolute atomic E-state index is 14.1. The van der Waals surface area contributed by atoms with E-state index in [4.69, 9.17) is 0 Å². The van der Waals surface area contributed by atoms with Crippen LogP contribution in [0.2, 0.25) is 0 Å². The molecule has 3 aromatic rings. The average molecular weight is 319 g/mol. The molecule has 0 bridgehead atoms. The molecular formula is C19H14FN3O. The summed E-state index contributed by atoms with van der Waals surface area (Å²) >= 11 is 0. The zero-order valence-corrected chi connectivity index (χ0v) is 12.7. The summed E-state index contributed by atoms with van der Waals surface area (Å²) in [5, 5.41) is 3.13. The summed E-state index contributed by atoms with van der Waals surface area (Å²) in [6.07, 6.45) is 1.12. The minimum Gasteiger partial charge on any atom is -0.359 e. The quantitative estimate of drug-likeness (QED) is 0.794. The number of carbonyl (C=O) groups is 1. The highest BCUT2D eigenvalue weighted by Gasteiger charge is 2.38. The molecule has 0 fully saturated rings. The third-order valence-electron chi connectivity index (χ3n) is 4.02. The van der Waals surface area contributed by atoms with E-state index in [-0.39, 0.29) is 11.7 Å². The van der Waals surface area contributed by atoms with Gasteiger partial charge in [0.2, 0.25) is 0 Å². The second-order valence-electron chi connectivity index (χ2n) is 5.48. The van der Waals surface area contributed by atoms with E-state index in [1.165, 1.54) is 6.07 Å². The Balaban J connectivity index is 1.81. The summed E-state index contributed by atoms with van der Waals surface area (Å²) in [5.41, 5.74) is 1.74. The zero-order chi connectivity index (χ0) is 16.5. The third-order valence-corrected chi connectivity index (χ3v) is 4.02. The summed E-state index contributed by atoms with van der Waals surface area (Å²) in [7, 11) is 0. The number of hydrogen-bond acceptors (Lipinski definition) is 3. The minimum absolute atomic E-state index is 0.155. The molecule has 1 aliphatic rings. The normalized spacial score (nSPS) is 16.1. The molecule has 2 heterocycles. The van der Waals surface area contributed by atoms with Gasteiger partial charge in [0.1, 0.15) is 17.8 Å². The van der Waals surface area contributed by atoms with Crippen molar-refractivity contribution in [2.75, 3.05) is 10.2 Å². The number of rotatable bonds is 3. The minimum atomic E-state index is -0.513. The van der Waals surface area contributed by atoms with Crippen molar-refractivity contribution in [1.82, 2.24) is 4.98 Å². The number of fused-ring (bicyclic) bond motifs is 1. The number of nitrogens with one attached hydrogen (secondary N) is 1. The molecule has 4 rings (SSSR count). The Morgan fingerprint density at radius 1 is 0.958 bits per heavy atom. The fourth-order valence-electron chi connectivity index (χ4n) is 2.92. The molecule has 2 aromatic carbocycles. The zero-order valence-electron chi connectivity index (χ0n) is 12.7. The van der Waals surface area contributed by atoms with E-state index in [0.717, 1.165) is 5.56 Å². The molecule has 0 saturated heterocycles. The predicted molar refractivity (Wildman–Crippen MR) is 90.3 cm³/mol. The number of hydrogen-bond donors (Lipinski definition) is 1. The van der Waals surface area contributed by atoms with Crippen molar-refractivity contribution in [2.24, 2.45) is 0 Å². The number of anilines is 2. The summed E-state index contributed by atoms with van der Waals surface area (Å²) in [5.74, 6) is 0.000907. The SMILES string of the molecule is O=C1c2ccccc2[C@H](Nc2ccccc2F)N1c1ccccn1. The van der Waals surface area contributed by atoms with Crippen LogP contribution in [-0.2, 0) is 0 Å². The number of carbonyl (C=O) groups excluding carboxylic acids is 1. The van der Waals surface area contributed by atoms with Crippen LogP contribution in [-0.4, -0.2) is 10.9 Å². The molecule has 24 heavy (non-hydrogen) atoms. The molecule has 0 saturated carbocycles. The molecule has 1 N–H and O–H groups in total. The standard InChI is InChI=1S/C19H14FN3O/c20-15-9-3-4-10-16(15)22-18-13-7-1-2-8-14(13)19(24)23(18)17-11-5-6-12-21-17/h1-12,18,22H/t18-/m1/s1. The van der Waals surface area contributed by atoms with Gasteiger partial charge in [0.25, 0.3) is 5.91 Å². The lowest BCUT2D eigenvalue weighted by Gasteiger charge is -2.26. The van der Waals surface area contributed by atoms with Gasteiger partial charge >= 0.3 is 0 Å². The fraction of sp³-hybridized carbons (Fsp3) is 0.0526. The average Bonchev–Trinajstić information content (AvgIpc) is 2.90. The van der Waals surface area contributed by atoms with Crippen molar-refractivity contribution >= 4 is 17.4 Å². The summed E-state index contributed by atoms with van der Waals surface area (Å²) < 4.78 is 14.1. The van der Waals surface area contributed by atoms with E-state index in [1.54, 1.807) is 47.5 Å². The maximum Gasteiger partial charge on any atom is 0.261 e. The first-order valence-electron chi connectivity index (χ1n) is 7.60. The molecule has 0 unspecified atom stereocenters. The first kappa shape index (κ1) is 14.4. The number of benzene rings is 2. The van der Waals surface area contributed by atoms with Crippen molar-refractivity contribution < 1.29 is 9.18 Å². The predicted octanol–water partition coefficient (Wildman–Crippen LogP) is 3.99. The molecule has 1 amide bonds. The van der Waals surface area contributed by atoms with Gasteiger partial charge in [-0.25, -0.2) is 9.37 Å². The lowest BCUT2D eigenvalue weighted by molar-refractivity contribution is 0.0992. The van der Waals surface area contributed by atoms with Gasteiger partial charge in [0, 0.05) is 17.3 Å². The van der Waals surface area contributed by atoms with Crippen LogP contribution in [0.4, 0.5) is 15.9 Å². The highest BCUT2D eigenvalue weighted by Crippen LogP contribution is 2.37. The summed E-state index contributed by atoms with van der Waals surface area (Å²) in [6, 6.07) is 19.1. The fourth-order valence-corrected chi connectivity index (χ4v) is 2.92. The lowest BCUT2D eigenvalue weighted by Crippen LogP contribution is -2.33. The molecule has 0 radical (unpaired) electrons. The van der Waals surface area contributed by atoms with E-state index in [1.807, 2.05) is 24.3 Å². The highest BCUT2D eigenvalue weighted by atomic mass is 19.1. The summed E-state index contributed by atoms with van der Waals surface area (Å²) in [6.45, 7) is 0. The second kappa shape index (κ2) is 5.77. The third kappa shape index (κ3) is 2.31. The monoisotopic (exact) mass is 319 g/mol. The smallest absolute Gasteiger partial charge is 0.261 e. The van der Waals surface area contributed by atoms with Crippen molar-refractivity contribution in [1.29, 1.82) is 0 Å². The molecule has 0 aliphatic carbocycles. The number of para-hydroxylation sites is 1. The second-order valence-corrected chi connectivity index (χ2v) is 5.48. The Morgan fingerprint density at radius 2 is 1.71 bits per heavy atom. The van der Waals surface area contributed by atoms with Gasteiger partial charge in [0.05, 0.1) is 5.69 Å². The van der Waals surface area contributed by atoms with Gasteiger partial charge in [0.15, 0.2) is 0 Å². The number of halogens is 1. The van der Waals surface area contributed by atoms with Crippen molar-refractivity contribution in [3.8, 4) is 0 Å². The molecule has 0 spiro atoms. The summed E-state index contributed by atoms with van der Waals surface area (Å²) in [4.78, 5) is 18.7. The molecule has 1 aliphatic heterocycles. The first-order chi connectivity index (χ1) is 11.8. The van der Waals surface area contributed by atoms with E-state index < -0.39 is 6.17 Å². The van der Waals surface area contributed by atoms with Gasteiger partial charge in [-0.2, -0.15) is 0 Å². The van der Waals surface area contributed by atoms with Crippen LogP contribution in [0.3, 0.4) is 0 Å². The van der Waals surface area contributed by atoms with Crippen molar-refractivity contribution in [2.45, 2.75) is 6.17 Å². The maximum atomic E-state index is 14.1.